The van der Waals surface area contributed by atoms with Gasteiger partial charge < -0.3 is 4.74 Å². The Morgan fingerprint density at radius 2 is 1.95 bits per heavy atom. The molecule has 0 aromatic heterocycles. The van der Waals surface area contributed by atoms with Crippen LogP contribution in [0, 0.1) is 5.92 Å². The third kappa shape index (κ3) is 2.89. The summed E-state index contributed by atoms with van der Waals surface area (Å²) in [5.74, 6) is 0.716. The molecule has 1 aromatic rings. The summed E-state index contributed by atoms with van der Waals surface area (Å²) < 4.78 is 5.85. The standard InChI is InChI=1S/C17H22O2/c18-16(14-7-2-1-3-8-14)12-17-15-9-5-4-6-13(15)10-11-19-17/h4-6,9,14,17H,1-3,7-8,10-12H2. The van der Waals surface area contributed by atoms with Crippen molar-refractivity contribution in [3.05, 3.63) is 35.4 Å². The molecule has 1 aliphatic carbocycles. The monoisotopic (exact) mass is 258 g/mol. The average molecular weight is 258 g/mol. The number of hydrogen-bond donors (Lipinski definition) is 0. The van der Waals surface area contributed by atoms with E-state index >= 15 is 0 Å². The summed E-state index contributed by atoms with van der Waals surface area (Å²) >= 11 is 0. The molecule has 3 rings (SSSR count). The van der Waals surface area contributed by atoms with Gasteiger partial charge in [-0.25, -0.2) is 0 Å². The summed E-state index contributed by atoms with van der Waals surface area (Å²) in [4.78, 5) is 12.4. The van der Waals surface area contributed by atoms with Crippen LogP contribution in [0.3, 0.4) is 0 Å². The fourth-order valence-corrected chi connectivity index (χ4v) is 3.42. The second kappa shape index (κ2) is 5.87. The minimum Gasteiger partial charge on any atom is -0.373 e. The van der Waals surface area contributed by atoms with Crippen LogP contribution in [0.25, 0.3) is 0 Å². The van der Waals surface area contributed by atoms with E-state index in [2.05, 4.69) is 18.2 Å². The van der Waals surface area contributed by atoms with E-state index in [1.54, 1.807) is 0 Å². The molecule has 1 aromatic carbocycles. The van der Waals surface area contributed by atoms with Crippen molar-refractivity contribution in [2.24, 2.45) is 5.92 Å². The number of fused-ring (bicyclic) bond motifs is 1. The Morgan fingerprint density at radius 1 is 1.16 bits per heavy atom. The Bertz CT molecular complexity index is 446. The number of rotatable bonds is 3. The van der Waals surface area contributed by atoms with E-state index < -0.39 is 0 Å². The van der Waals surface area contributed by atoms with Crippen molar-refractivity contribution < 1.29 is 9.53 Å². The van der Waals surface area contributed by atoms with Gasteiger partial charge in [-0.2, -0.15) is 0 Å². The maximum Gasteiger partial charge on any atom is 0.138 e. The predicted molar refractivity (Wildman–Crippen MR) is 75.0 cm³/mol. The summed E-state index contributed by atoms with van der Waals surface area (Å²) in [6, 6.07) is 8.40. The normalized spacial score (nSPS) is 23.9. The van der Waals surface area contributed by atoms with Crippen molar-refractivity contribution in [2.45, 2.75) is 51.0 Å². The highest BCUT2D eigenvalue weighted by atomic mass is 16.5. The fraction of sp³-hybridized carbons (Fsp3) is 0.588. The lowest BCUT2D eigenvalue weighted by atomic mass is 9.83. The van der Waals surface area contributed by atoms with E-state index in [1.165, 1.54) is 30.4 Å². The first kappa shape index (κ1) is 12.9. The Kier molecular flexibility index (Phi) is 3.97. The third-order valence-corrected chi connectivity index (χ3v) is 4.54. The van der Waals surface area contributed by atoms with Crippen LogP contribution < -0.4 is 0 Å². The van der Waals surface area contributed by atoms with Gasteiger partial charge in [0.2, 0.25) is 0 Å². The molecule has 0 bridgehead atoms. The Morgan fingerprint density at radius 3 is 2.79 bits per heavy atom. The third-order valence-electron chi connectivity index (χ3n) is 4.54. The second-order valence-electron chi connectivity index (χ2n) is 5.81. The second-order valence-corrected chi connectivity index (χ2v) is 5.81. The first-order valence-electron chi connectivity index (χ1n) is 7.57. The quantitative estimate of drug-likeness (QED) is 0.823. The first-order valence-corrected chi connectivity index (χ1v) is 7.57. The molecule has 1 atom stereocenters. The van der Waals surface area contributed by atoms with Gasteiger partial charge in [0.25, 0.3) is 0 Å². The summed E-state index contributed by atoms with van der Waals surface area (Å²) in [5, 5.41) is 0. The number of ether oxygens (including phenoxy) is 1. The van der Waals surface area contributed by atoms with E-state index in [1.807, 2.05) is 6.07 Å². The molecule has 102 valence electrons. The number of carbonyl (C=O) groups is 1. The van der Waals surface area contributed by atoms with Gasteiger partial charge in [-0.3, -0.25) is 4.79 Å². The summed E-state index contributed by atoms with van der Waals surface area (Å²) in [6.45, 7) is 0.750. The Hall–Kier alpha value is -1.15. The zero-order valence-electron chi connectivity index (χ0n) is 11.4. The van der Waals surface area contributed by atoms with Crippen molar-refractivity contribution in [1.29, 1.82) is 0 Å². The van der Waals surface area contributed by atoms with Gasteiger partial charge in [0.05, 0.1) is 12.7 Å². The Labute approximate surface area is 115 Å². The molecule has 1 aliphatic heterocycles. The molecule has 0 saturated heterocycles. The maximum atomic E-state index is 12.4. The van der Waals surface area contributed by atoms with E-state index in [0.717, 1.165) is 25.9 Å². The van der Waals surface area contributed by atoms with Crippen LogP contribution in [0.15, 0.2) is 24.3 Å². The smallest absolute Gasteiger partial charge is 0.138 e. The molecule has 2 heteroatoms. The van der Waals surface area contributed by atoms with Crippen molar-refractivity contribution in [2.75, 3.05) is 6.61 Å². The molecule has 0 spiro atoms. The van der Waals surface area contributed by atoms with E-state index in [0.29, 0.717) is 18.1 Å². The summed E-state index contributed by atoms with van der Waals surface area (Å²) in [6.07, 6.45) is 7.47. The van der Waals surface area contributed by atoms with Crippen LogP contribution in [-0.4, -0.2) is 12.4 Å². The largest absolute Gasteiger partial charge is 0.373 e. The van der Waals surface area contributed by atoms with Crippen molar-refractivity contribution in [3.63, 3.8) is 0 Å². The fourth-order valence-electron chi connectivity index (χ4n) is 3.42. The molecular weight excluding hydrogens is 236 g/mol. The van der Waals surface area contributed by atoms with E-state index in [4.69, 9.17) is 4.74 Å². The molecule has 1 heterocycles. The topological polar surface area (TPSA) is 26.3 Å². The molecule has 2 aliphatic rings. The lowest BCUT2D eigenvalue weighted by Crippen LogP contribution is -2.24. The van der Waals surface area contributed by atoms with E-state index in [-0.39, 0.29) is 6.10 Å². The van der Waals surface area contributed by atoms with E-state index in [9.17, 15) is 4.79 Å². The average Bonchev–Trinajstić information content (AvgIpc) is 2.48. The number of hydrogen-bond acceptors (Lipinski definition) is 2. The Balaban J connectivity index is 1.68. The van der Waals surface area contributed by atoms with Gasteiger partial charge in [0.15, 0.2) is 0 Å². The van der Waals surface area contributed by atoms with Gasteiger partial charge >= 0.3 is 0 Å². The lowest BCUT2D eigenvalue weighted by Gasteiger charge is -2.28. The summed E-state index contributed by atoms with van der Waals surface area (Å²) in [5.41, 5.74) is 2.59. The molecular formula is C17H22O2. The molecule has 1 unspecified atom stereocenters. The minimum absolute atomic E-state index is 0.000577. The van der Waals surface area contributed by atoms with Crippen LogP contribution in [0.5, 0.6) is 0 Å². The molecule has 0 radical (unpaired) electrons. The van der Waals surface area contributed by atoms with Crippen LogP contribution >= 0.6 is 0 Å². The van der Waals surface area contributed by atoms with Crippen LogP contribution in [0.4, 0.5) is 0 Å². The van der Waals surface area contributed by atoms with Gasteiger partial charge in [0, 0.05) is 12.3 Å². The minimum atomic E-state index is -0.000577. The number of carbonyl (C=O) groups excluding carboxylic acids is 1. The molecule has 1 saturated carbocycles. The van der Waals surface area contributed by atoms with Gasteiger partial charge in [-0.1, -0.05) is 43.5 Å². The highest BCUT2D eigenvalue weighted by Gasteiger charge is 2.27. The number of ketones is 1. The van der Waals surface area contributed by atoms with Gasteiger partial charge in [-0.05, 0) is 30.4 Å². The lowest BCUT2D eigenvalue weighted by molar-refractivity contribution is -0.127. The molecule has 0 amide bonds. The molecule has 0 N–H and O–H groups in total. The van der Waals surface area contributed by atoms with Gasteiger partial charge in [0.1, 0.15) is 5.78 Å². The van der Waals surface area contributed by atoms with Crippen LogP contribution in [0.1, 0.15) is 55.8 Å². The zero-order valence-corrected chi connectivity index (χ0v) is 11.4. The number of benzene rings is 1. The molecule has 2 nitrogen and oxygen atoms in total. The SMILES string of the molecule is O=C(CC1OCCc2ccccc21)C1CCCCC1. The van der Waals surface area contributed by atoms with Gasteiger partial charge in [-0.15, -0.1) is 0 Å². The first-order chi connectivity index (χ1) is 9.34. The molecule has 1 fully saturated rings. The van der Waals surface area contributed by atoms with Crippen molar-refractivity contribution in [3.8, 4) is 0 Å². The highest BCUT2D eigenvalue weighted by Crippen LogP contribution is 2.33. The summed E-state index contributed by atoms with van der Waals surface area (Å²) in [7, 11) is 0. The van der Waals surface area contributed by atoms with Crippen LogP contribution in [0.2, 0.25) is 0 Å². The zero-order chi connectivity index (χ0) is 13.1. The maximum absolute atomic E-state index is 12.4. The highest BCUT2D eigenvalue weighted by molar-refractivity contribution is 5.81. The molecule has 19 heavy (non-hydrogen) atoms. The van der Waals surface area contributed by atoms with Crippen molar-refractivity contribution >= 4 is 5.78 Å². The predicted octanol–water partition coefficient (Wildman–Crippen LogP) is 3.84. The number of Topliss-reactive ketones (excluding diaryl/α,β-unsaturated/α-hetero) is 1. The van der Waals surface area contributed by atoms with Crippen LogP contribution in [-0.2, 0) is 16.0 Å². The van der Waals surface area contributed by atoms with Crippen molar-refractivity contribution in [1.82, 2.24) is 0 Å².